The summed E-state index contributed by atoms with van der Waals surface area (Å²) < 4.78 is 1.59. The zero-order valence-electron chi connectivity index (χ0n) is 11.7. The number of hydrogen-bond acceptors (Lipinski definition) is 5. The highest BCUT2D eigenvalue weighted by Gasteiger charge is 2.21. The molecule has 2 rings (SSSR count). The molecule has 2 heterocycles. The zero-order valence-corrected chi connectivity index (χ0v) is 11.7. The third kappa shape index (κ3) is 2.57. The first-order valence-corrected chi connectivity index (χ1v) is 6.24. The molecule has 2 aromatic rings. The maximum Gasteiger partial charge on any atom is 0.339 e. The highest BCUT2D eigenvalue weighted by Crippen LogP contribution is 2.27. The lowest BCUT2D eigenvalue weighted by atomic mass is 9.94. The Kier molecular flexibility index (Phi) is 3.63. The monoisotopic (exact) mass is 278 g/mol. The number of carboxylic acid groups (broad SMARTS) is 1. The predicted molar refractivity (Wildman–Crippen MR) is 74.8 cm³/mol. The van der Waals surface area contributed by atoms with E-state index in [-0.39, 0.29) is 17.6 Å². The third-order valence-electron chi connectivity index (χ3n) is 3.16. The van der Waals surface area contributed by atoms with Crippen LogP contribution in [0.5, 0.6) is 0 Å². The zero-order chi connectivity index (χ0) is 14.9. The summed E-state index contributed by atoms with van der Waals surface area (Å²) in [6.07, 6.45) is 2.91. The normalized spacial score (nSPS) is 11.8. The van der Waals surface area contributed by atoms with Gasteiger partial charge in [-0.05, 0) is 0 Å². The van der Waals surface area contributed by atoms with Gasteiger partial charge < -0.3 is 15.5 Å². The van der Waals surface area contributed by atoms with Crippen LogP contribution in [0.3, 0.4) is 0 Å². The van der Waals surface area contributed by atoms with Gasteiger partial charge in [-0.15, -0.1) is 0 Å². The Labute approximate surface area is 116 Å². The molecule has 0 unspecified atom stereocenters. The Morgan fingerprint density at radius 3 is 2.75 bits per heavy atom. The van der Waals surface area contributed by atoms with E-state index < -0.39 is 5.97 Å². The molecule has 0 radical (unpaired) electrons. The molecule has 7 nitrogen and oxygen atoms in total. The van der Waals surface area contributed by atoms with Crippen LogP contribution < -0.4 is 5.32 Å². The van der Waals surface area contributed by atoms with E-state index in [0.717, 1.165) is 0 Å². The molecule has 108 valence electrons. The average Bonchev–Trinajstić information content (AvgIpc) is 2.78. The van der Waals surface area contributed by atoms with Gasteiger partial charge in [0.2, 0.25) is 0 Å². The van der Waals surface area contributed by atoms with E-state index in [1.807, 2.05) is 13.8 Å². The van der Waals surface area contributed by atoms with Crippen LogP contribution in [-0.2, 0) is 7.05 Å². The summed E-state index contributed by atoms with van der Waals surface area (Å²) in [5, 5.41) is 26.4. The van der Waals surface area contributed by atoms with E-state index in [1.165, 1.54) is 6.20 Å². The molecule has 0 aliphatic rings. The fourth-order valence-electron chi connectivity index (χ4n) is 1.83. The van der Waals surface area contributed by atoms with Crippen LogP contribution in [0.1, 0.15) is 24.2 Å². The van der Waals surface area contributed by atoms with Crippen LogP contribution >= 0.6 is 0 Å². The summed E-state index contributed by atoms with van der Waals surface area (Å²) in [7, 11) is 1.75. The Balaban J connectivity index is 2.47. The van der Waals surface area contributed by atoms with Crippen molar-refractivity contribution in [2.45, 2.75) is 13.8 Å². The maximum atomic E-state index is 11.3. The number of aliphatic hydroxyl groups excluding tert-OH is 1. The Hall–Kier alpha value is -2.15. The quantitative estimate of drug-likeness (QED) is 0.757. The van der Waals surface area contributed by atoms with Gasteiger partial charge in [0.25, 0.3) is 0 Å². The van der Waals surface area contributed by atoms with E-state index in [4.69, 9.17) is 0 Å². The fraction of sp³-hybridized carbons (Fsp3) is 0.462. The number of aromatic carboxylic acids is 1. The lowest BCUT2D eigenvalue weighted by molar-refractivity contribution is 0.0697. The molecule has 3 N–H and O–H groups in total. The van der Waals surface area contributed by atoms with Crippen LogP contribution in [0.4, 0.5) is 5.69 Å². The van der Waals surface area contributed by atoms with Gasteiger partial charge in [0, 0.05) is 31.8 Å². The standard InChI is InChI=1S/C13H18N4O3/c1-13(2,7-18)6-15-10-8-5-16-17(3)11(8)14-4-9(10)12(19)20/h4-5,18H,6-7H2,1-3H3,(H,14,15)(H,19,20). The second-order valence-electron chi connectivity index (χ2n) is 5.53. The van der Waals surface area contributed by atoms with Gasteiger partial charge in [0.15, 0.2) is 5.65 Å². The van der Waals surface area contributed by atoms with Crippen molar-refractivity contribution < 1.29 is 15.0 Å². The summed E-state index contributed by atoms with van der Waals surface area (Å²) in [5.74, 6) is -1.05. The van der Waals surface area contributed by atoms with Crippen molar-refractivity contribution in [1.82, 2.24) is 14.8 Å². The maximum absolute atomic E-state index is 11.3. The van der Waals surface area contributed by atoms with E-state index in [2.05, 4.69) is 15.4 Å². The first-order chi connectivity index (χ1) is 9.35. The molecule has 0 atom stereocenters. The molecule has 2 aromatic heterocycles. The number of fused-ring (bicyclic) bond motifs is 1. The van der Waals surface area contributed by atoms with Crippen molar-refractivity contribution in [2.75, 3.05) is 18.5 Å². The third-order valence-corrected chi connectivity index (χ3v) is 3.16. The molecule has 20 heavy (non-hydrogen) atoms. The van der Waals surface area contributed by atoms with Crippen molar-refractivity contribution in [3.05, 3.63) is 18.0 Å². The van der Waals surface area contributed by atoms with Crippen molar-refractivity contribution in [3.63, 3.8) is 0 Å². The molecule has 7 heteroatoms. The molecule has 0 fully saturated rings. The number of nitrogens with zero attached hydrogens (tertiary/aromatic N) is 3. The first kappa shape index (κ1) is 14.3. The number of rotatable bonds is 5. The van der Waals surface area contributed by atoms with Gasteiger partial charge >= 0.3 is 5.97 Å². The summed E-state index contributed by atoms with van der Waals surface area (Å²) in [4.78, 5) is 15.4. The SMILES string of the molecule is Cn1ncc2c(NCC(C)(C)CO)c(C(=O)O)cnc21. The molecule has 0 amide bonds. The number of aliphatic hydroxyl groups is 1. The van der Waals surface area contributed by atoms with Gasteiger partial charge in [-0.3, -0.25) is 4.68 Å². The van der Waals surface area contributed by atoms with Crippen LogP contribution in [0.2, 0.25) is 0 Å². The molecule has 0 aromatic carbocycles. The van der Waals surface area contributed by atoms with Crippen LogP contribution in [0, 0.1) is 5.41 Å². The number of anilines is 1. The van der Waals surface area contributed by atoms with E-state index in [0.29, 0.717) is 23.3 Å². The van der Waals surface area contributed by atoms with E-state index >= 15 is 0 Å². The molecular formula is C13H18N4O3. The van der Waals surface area contributed by atoms with Gasteiger partial charge in [0.05, 0.1) is 17.3 Å². The van der Waals surface area contributed by atoms with Gasteiger partial charge in [-0.1, -0.05) is 13.8 Å². The van der Waals surface area contributed by atoms with Gasteiger partial charge in [-0.2, -0.15) is 5.10 Å². The van der Waals surface area contributed by atoms with Gasteiger partial charge in [-0.25, -0.2) is 9.78 Å². The summed E-state index contributed by atoms with van der Waals surface area (Å²) in [6, 6.07) is 0. The van der Waals surface area contributed by atoms with Crippen LogP contribution in [0.25, 0.3) is 11.0 Å². The summed E-state index contributed by atoms with van der Waals surface area (Å²) >= 11 is 0. The lowest BCUT2D eigenvalue weighted by Gasteiger charge is -2.23. The number of carboxylic acids is 1. The number of carbonyl (C=O) groups is 1. The Bertz CT molecular complexity index is 648. The Morgan fingerprint density at radius 1 is 1.45 bits per heavy atom. The second kappa shape index (κ2) is 5.09. The molecular weight excluding hydrogens is 260 g/mol. The molecule has 0 saturated carbocycles. The largest absolute Gasteiger partial charge is 0.478 e. The predicted octanol–water partition coefficient (Wildman–Crippen LogP) is 1.10. The highest BCUT2D eigenvalue weighted by molar-refractivity contribution is 6.03. The number of pyridine rings is 1. The second-order valence-corrected chi connectivity index (χ2v) is 5.53. The fourth-order valence-corrected chi connectivity index (χ4v) is 1.83. The first-order valence-electron chi connectivity index (χ1n) is 6.24. The smallest absolute Gasteiger partial charge is 0.339 e. The van der Waals surface area contributed by atoms with E-state index in [1.54, 1.807) is 17.9 Å². The molecule has 0 aliphatic carbocycles. The van der Waals surface area contributed by atoms with Crippen molar-refractivity contribution in [2.24, 2.45) is 12.5 Å². The Morgan fingerprint density at radius 2 is 2.15 bits per heavy atom. The minimum Gasteiger partial charge on any atom is -0.478 e. The van der Waals surface area contributed by atoms with Crippen molar-refractivity contribution in [3.8, 4) is 0 Å². The minimum absolute atomic E-state index is 0.00364. The molecule has 0 saturated heterocycles. The number of hydrogen-bond donors (Lipinski definition) is 3. The minimum atomic E-state index is -1.05. The summed E-state index contributed by atoms with van der Waals surface area (Å²) in [6.45, 7) is 4.23. The van der Waals surface area contributed by atoms with Crippen molar-refractivity contribution in [1.29, 1.82) is 0 Å². The van der Waals surface area contributed by atoms with Crippen molar-refractivity contribution >= 4 is 22.7 Å². The molecule has 0 bridgehead atoms. The molecule has 0 spiro atoms. The average molecular weight is 278 g/mol. The highest BCUT2D eigenvalue weighted by atomic mass is 16.4. The van der Waals surface area contributed by atoms with Gasteiger partial charge in [0.1, 0.15) is 5.56 Å². The molecule has 0 aliphatic heterocycles. The number of aryl methyl sites for hydroxylation is 1. The lowest BCUT2D eigenvalue weighted by Crippen LogP contribution is -2.27. The number of aromatic nitrogens is 3. The van der Waals surface area contributed by atoms with E-state index in [9.17, 15) is 15.0 Å². The number of nitrogens with one attached hydrogen (secondary N) is 1. The van der Waals surface area contributed by atoms with Crippen LogP contribution in [0.15, 0.2) is 12.4 Å². The topological polar surface area (TPSA) is 100 Å². The van der Waals surface area contributed by atoms with Crippen LogP contribution in [-0.4, -0.2) is 44.1 Å². The summed E-state index contributed by atoms with van der Waals surface area (Å²) in [5.41, 5.74) is 0.837.